The molecule has 1 unspecified atom stereocenters. The molecule has 3 aliphatic rings. The maximum Gasteiger partial charge on any atom is 0.205 e. The van der Waals surface area contributed by atoms with Crippen molar-refractivity contribution in [2.75, 3.05) is 26.2 Å². The molecule has 4 rings (SSSR count). The highest BCUT2D eigenvalue weighted by atomic mass is 32.2. The van der Waals surface area contributed by atoms with Gasteiger partial charge in [-0.1, -0.05) is 6.08 Å². The van der Waals surface area contributed by atoms with Gasteiger partial charge in [-0.15, -0.1) is 0 Å². The Morgan fingerprint density at radius 1 is 1.32 bits per heavy atom. The first-order valence-corrected chi connectivity index (χ1v) is 11.7. The van der Waals surface area contributed by atoms with Gasteiger partial charge in [0.25, 0.3) is 0 Å². The highest BCUT2D eigenvalue weighted by Gasteiger charge is 2.43. The van der Waals surface area contributed by atoms with Crippen molar-refractivity contribution in [3.8, 4) is 5.75 Å². The van der Waals surface area contributed by atoms with Crippen molar-refractivity contribution in [2.24, 2.45) is 5.92 Å². The Labute approximate surface area is 167 Å². The van der Waals surface area contributed by atoms with Gasteiger partial charge in [0.05, 0.1) is 6.61 Å². The van der Waals surface area contributed by atoms with Gasteiger partial charge in [-0.2, -0.15) is 0 Å². The van der Waals surface area contributed by atoms with Crippen molar-refractivity contribution >= 4 is 9.84 Å². The van der Waals surface area contributed by atoms with Gasteiger partial charge in [-0.05, 0) is 70.0 Å². The van der Waals surface area contributed by atoms with Crippen LogP contribution in [0.3, 0.4) is 0 Å². The van der Waals surface area contributed by atoms with E-state index in [0.717, 1.165) is 18.7 Å². The first-order chi connectivity index (χ1) is 13.6. The minimum absolute atomic E-state index is 0.00455. The SMILES string of the molecule is C[C@H]1[C@H](C2C=CC(OCCCN3CCCC3)=CC2)Oc2cccnc2S1(=O)=O. The van der Waals surface area contributed by atoms with Crippen LogP contribution in [0.1, 0.15) is 32.6 Å². The predicted molar refractivity (Wildman–Crippen MR) is 107 cm³/mol. The molecule has 0 radical (unpaired) electrons. The fourth-order valence-electron chi connectivity index (χ4n) is 4.16. The van der Waals surface area contributed by atoms with E-state index in [1.165, 1.54) is 32.1 Å². The fraction of sp³-hybridized carbons (Fsp3) is 0.571. The van der Waals surface area contributed by atoms with E-state index >= 15 is 0 Å². The summed E-state index contributed by atoms with van der Waals surface area (Å²) in [7, 11) is -3.49. The number of ether oxygens (including phenoxy) is 2. The molecule has 6 nitrogen and oxygen atoms in total. The second kappa shape index (κ2) is 8.25. The number of fused-ring (bicyclic) bond motifs is 1. The number of likely N-dealkylation sites (tertiary alicyclic amines) is 1. The maximum absolute atomic E-state index is 12.8. The molecule has 0 amide bonds. The van der Waals surface area contributed by atoms with Crippen LogP contribution >= 0.6 is 0 Å². The third-order valence-electron chi connectivity index (χ3n) is 5.83. The number of hydrogen-bond acceptors (Lipinski definition) is 6. The molecule has 0 bridgehead atoms. The number of rotatable bonds is 6. The second-order valence-electron chi connectivity index (χ2n) is 7.76. The van der Waals surface area contributed by atoms with Gasteiger partial charge in [0.1, 0.15) is 17.1 Å². The summed E-state index contributed by atoms with van der Waals surface area (Å²) in [5.41, 5.74) is 0. The number of hydrogen-bond donors (Lipinski definition) is 0. The molecule has 152 valence electrons. The quantitative estimate of drug-likeness (QED) is 0.679. The van der Waals surface area contributed by atoms with E-state index in [9.17, 15) is 8.42 Å². The molecular weight excluding hydrogens is 376 g/mol. The molecule has 1 aliphatic carbocycles. The molecule has 1 aromatic heterocycles. The summed E-state index contributed by atoms with van der Waals surface area (Å²) >= 11 is 0. The Bertz CT molecular complexity index is 859. The maximum atomic E-state index is 12.8. The van der Waals surface area contributed by atoms with Gasteiger partial charge in [-0.25, -0.2) is 13.4 Å². The lowest BCUT2D eigenvalue weighted by atomic mass is 9.92. The van der Waals surface area contributed by atoms with Gasteiger partial charge in [-0.3, -0.25) is 0 Å². The van der Waals surface area contributed by atoms with Crippen molar-refractivity contribution in [2.45, 2.75) is 49.0 Å². The van der Waals surface area contributed by atoms with E-state index in [2.05, 4.69) is 9.88 Å². The lowest BCUT2D eigenvalue weighted by molar-refractivity contribution is 0.138. The molecule has 0 N–H and O–H groups in total. The molecule has 1 saturated heterocycles. The Morgan fingerprint density at radius 3 is 2.89 bits per heavy atom. The van der Waals surface area contributed by atoms with Gasteiger partial charge in [0, 0.05) is 18.7 Å². The zero-order valence-corrected chi connectivity index (χ0v) is 17.1. The second-order valence-corrected chi connectivity index (χ2v) is 9.98. The van der Waals surface area contributed by atoms with Gasteiger partial charge in [0.2, 0.25) is 9.84 Å². The van der Waals surface area contributed by atoms with E-state index in [-0.39, 0.29) is 10.9 Å². The van der Waals surface area contributed by atoms with E-state index in [1.54, 1.807) is 19.1 Å². The van der Waals surface area contributed by atoms with Crippen LogP contribution in [0.2, 0.25) is 0 Å². The smallest absolute Gasteiger partial charge is 0.205 e. The van der Waals surface area contributed by atoms with E-state index in [4.69, 9.17) is 9.47 Å². The van der Waals surface area contributed by atoms with Gasteiger partial charge >= 0.3 is 0 Å². The lowest BCUT2D eigenvalue weighted by Gasteiger charge is -2.35. The first-order valence-electron chi connectivity index (χ1n) is 10.1. The highest BCUT2D eigenvalue weighted by molar-refractivity contribution is 7.92. The summed E-state index contributed by atoms with van der Waals surface area (Å²) in [6.45, 7) is 5.94. The molecule has 0 aromatic carbocycles. The summed E-state index contributed by atoms with van der Waals surface area (Å²) in [6, 6.07) is 3.38. The molecule has 0 spiro atoms. The van der Waals surface area contributed by atoms with Crippen LogP contribution in [0.25, 0.3) is 0 Å². The number of nitrogens with zero attached hydrogens (tertiary/aromatic N) is 2. The van der Waals surface area contributed by atoms with Crippen LogP contribution in [0.15, 0.2) is 47.3 Å². The topological polar surface area (TPSA) is 68.7 Å². The molecule has 7 heteroatoms. The minimum Gasteiger partial charge on any atom is -0.494 e. The van der Waals surface area contributed by atoms with Crippen LogP contribution in [0.4, 0.5) is 0 Å². The van der Waals surface area contributed by atoms with Gasteiger partial charge < -0.3 is 14.4 Å². The van der Waals surface area contributed by atoms with Crippen LogP contribution in [-0.2, 0) is 14.6 Å². The zero-order valence-electron chi connectivity index (χ0n) is 16.3. The Hall–Kier alpha value is -1.86. The standard InChI is InChI=1S/C21H28N2O4S/c1-16-20(27-19-6-4-11-22-21(19)28(16,24)25)17-7-9-18(10-8-17)26-15-5-14-23-12-2-3-13-23/h4,6-7,9-11,16-17,20H,2-3,5,8,12-15H2,1H3/t16-,17?,20+/m0/s1. The number of allylic oxidation sites excluding steroid dienone is 2. The molecule has 3 heterocycles. The summed E-state index contributed by atoms with van der Waals surface area (Å²) in [5, 5.41) is -0.586. The summed E-state index contributed by atoms with van der Waals surface area (Å²) in [6.07, 6.45) is 11.4. The normalized spacial score (nSPS) is 29.0. The van der Waals surface area contributed by atoms with Crippen LogP contribution in [0, 0.1) is 5.92 Å². The van der Waals surface area contributed by atoms with E-state index in [0.29, 0.717) is 18.8 Å². The average Bonchev–Trinajstić information content (AvgIpc) is 3.22. The molecule has 2 aliphatic heterocycles. The van der Waals surface area contributed by atoms with Crippen molar-refractivity contribution in [1.29, 1.82) is 0 Å². The Balaban J connectivity index is 1.33. The molecular formula is C21H28N2O4S. The molecule has 1 fully saturated rings. The van der Waals surface area contributed by atoms with Crippen LogP contribution < -0.4 is 4.74 Å². The Kier molecular flexibility index (Phi) is 5.73. The van der Waals surface area contributed by atoms with Crippen LogP contribution in [0.5, 0.6) is 5.75 Å². The van der Waals surface area contributed by atoms with Crippen LogP contribution in [-0.4, -0.2) is 55.9 Å². The Morgan fingerprint density at radius 2 is 2.14 bits per heavy atom. The number of pyridine rings is 1. The number of aromatic nitrogens is 1. The van der Waals surface area contributed by atoms with E-state index in [1.807, 2.05) is 18.2 Å². The summed E-state index contributed by atoms with van der Waals surface area (Å²) in [5.74, 6) is 1.22. The largest absolute Gasteiger partial charge is 0.494 e. The lowest BCUT2D eigenvalue weighted by Crippen LogP contribution is -2.45. The number of sulfone groups is 1. The zero-order chi connectivity index (χ0) is 19.6. The first kappa shape index (κ1) is 19.5. The predicted octanol–water partition coefficient (Wildman–Crippen LogP) is 2.97. The van der Waals surface area contributed by atoms with Crippen molar-refractivity contribution in [3.05, 3.63) is 42.3 Å². The van der Waals surface area contributed by atoms with Gasteiger partial charge in [0.15, 0.2) is 10.8 Å². The molecule has 1 aromatic rings. The van der Waals surface area contributed by atoms with Crippen molar-refractivity contribution in [1.82, 2.24) is 9.88 Å². The van der Waals surface area contributed by atoms with E-state index < -0.39 is 21.2 Å². The third-order valence-corrected chi connectivity index (χ3v) is 7.92. The van der Waals surface area contributed by atoms with Crippen molar-refractivity contribution < 1.29 is 17.9 Å². The fourth-order valence-corrected chi connectivity index (χ4v) is 5.73. The average molecular weight is 405 g/mol. The molecule has 3 atom stereocenters. The highest BCUT2D eigenvalue weighted by Crippen LogP contribution is 2.37. The minimum atomic E-state index is -3.49. The summed E-state index contributed by atoms with van der Waals surface area (Å²) in [4.78, 5) is 6.50. The third kappa shape index (κ3) is 3.96. The van der Waals surface area contributed by atoms with Crippen molar-refractivity contribution in [3.63, 3.8) is 0 Å². The molecule has 0 saturated carbocycles. The molecule has 28 heavy (non-hydrogen) atoms. The monoisotopic (exact) mass is 404 g/mol. The summed E-state index contributed by atoms with van der Waals surface area (Å²) < 4.78 is 37.5.